The van der Waals surface area contributed by atoms with Gasteiger partial charge in [0, 0.05) is 17.0 Å². The fraction of sp³-hybridized carbons (Fsp3) is 0.316. The monoisotopic (exact) mass is 343 g/mol. The van der Waals surface area contributed by atoms with Crippen LogP contribution in [0.3, 0.4) is 0 Å². The number of benzene rings is 1. The van der Waals surface area contributed by atoms with Gasteiger partial charge in [-0.3, -0.25) is 10.1 Å². The molecule has 0 radical (unpaired) electrons. The molecule has 0 saturated carbocycles. The summed E-state index contributed by atoms with van der Waals surface area (Å²) < 4.78 is 5.12. The number of carboxylic acids is 1. The van der Waals surface area contributed by atoms with Gasteiger partial charge in [-0.25, -0.2) is 0 Å². The fourth-order valence-electron chi connectivity index (χ4n) is 2.17. The van der Waals surface area contributed by atoms with Crippen LogP contribution in [-0.4, -0.2) is 24.2 Å². The van der Waals surface area contributed by atoms with Crippen LogP contribution in [0.5, 0.6) is 5.75 Å². The third-order valence-electron chi connectivity index (χ3n) is 3.51. The van der Waals surface area contributed by atoms with Crippen LogP contribution in [0.15, 0.2) is 36.4 Å². The molecular formula is C19H21NO3S. The molecule has 1 aromatic carbocycles. The number of ether oxygens (including phenoxy) is 1. The first-order valence-corrected chi connectivity index (χ1v) is 8.52. The van der Waals surface area contributed by atoms with E-state index in [0.717, 1.165) is 21.1 Å². The maximum absolute atomic E-state index is 11.2. The lowest BCUT2D eigenvalue weighted by Gasteiger charge is -2.17. The Morgan fingerprint density at radius 2 is 1.92 bits per heavy atom. The molecule has 2 N–H and O–H groups in total. The van der Waals surface area contributed by atoms with Crippen LogP contribution >= 0.6 is 11.3 Å². The smallest absolute Gasteiger partial charge is 0.320 e. The molecule has 0 saturated heterocycles. The second-order valence-electron chi connectivity index (χ2n) is 5.69. The molecule has 1 unspecified atom stereocenters. The molecule has 5 heteroatoms. The molecule has 0 spiro atoms. The standard InChI is InChI=1S/C19H21NO3S/c1-13(2)18(19(21)22)20-12-17-11-10-16(24-17)9-6-14-4-7-15(23-3)8-5-14/h4-5,7-8,10-11,13,18,20H,12H2,1-3H3,(H,21,22). The van der Waals surface area contributed by atoms with Crippen LogP contribution in [0.1, 0.15) is 29.2 Å². The molecule has 0 amide bonds. The lowest BCUT2D eigenvalue weighted by atomic mass is 10.1. The largest absolute Gasteiger partial charge is 0.497 e. The van der Waals surface area contributed by atoms with Crippen molar-refractivity contribution in [2.75, 3.05) is 7.11 Å². The molecule has 0 aliphatic heterocycles. The Bertz CT molecular complexity index is 738. The predicted molar refractivity (Wildman–Crippen MR) is 96.4 cm³/mol. The summed E-state index contributed by atoms with van der Waals surface area (Å²) in [5.74, 6) is 6.28. The van der Waals surface area contributed by atoms with Gasteiger partial charge in [-0.15, -0.1) is 11.3 Å². The van der Waals surface area contributed by atoms with Crippen molar-refractivity contribution < 1.29 is 14.6 Å². The van der Waals surface area contributed by atoms with E-state index >= 15 is 0 Å². The number of carbonyl (C=O) groups is 1. The Labute approximate surface area is 146 Å². The third-order valence-corrected chi connectivity index (χ3v) is 4.51. The fourth-order valence-corrected chi connectivity index (χ4v) is 2.98. The Kier molecular flexibility index (Phi) is 6.42. The van der Waals surface area contributed by atoms with Crippen molar-refractivity contribution in [2.24, 2.45) is 5.92 Å². The van der Waals surface area contributed by atoms with Crippen molar-refractivity contribution in [3.63, 3.8) is 0 Å². The van der Waals surface area contributed by atoms with Gasteiger partial charge in [-0.2, -0.15) is 0 Å². The molecular weight excluding hydrogens is 322 g/mol. The Balaban J connectivity index is 1.98. The van der Waals surface area contributed by atoms with Crippen LogP contribution in [0.25, 0.3) is 0 Å². The molecule has 126 valence electrons. The van der Waals surface area contributed by atoms with Crippen LogP contribution in [-0.2, 0) is 11.3 Å². The summed E-state index contributed by atoms with van der Waals surface area (Å²) in [6.45, 7) is 4.32. The molecule has 1 atom stereocenters. The van der Waals surface area contributed by atoms with Crippen LogP contribution in [0, 0.1) is 17.8 Å². The third kappa shape index (κ3) is 5.12. The summed E-state index contributed by atoms with van der Waals surface area (Å²) in [7, 11) is 1.64. The number of rotatable bonds is 6. The molecule has 1 aromatic heterocycles. The van der Waals surface area contributed by atoms with Gasteiger partial charge in [-0.05, 0) is 42.3 Å². The summed E-state index contributed by atoms with van der Waals surface area (Å²) in [6.07, 6.45) is 0. The second-order valence-corrected chi connectivity index (χ2v) is 6.85. The number of aliphatic carboxylic acids is 1. The number of nitrogens with one attached hydrogen (secondary N) is 1. The van der Waals surface area contributed by atoms with E-state index in [1.807, 2.05) is 50.2 Å². The van der Waals surface area contributed by atoms with E-state index in [9.17, 15) is 9.90 Å². The Morgan fingerprint density at radius 3 is 2.50 bits per heavy atom. The van der Waals surface area contributed by atoms with Gasteiger partial charge in [0.2, 0.25) is 0 Å². The van der Waals surface area contributed by atoms with Crippen molar-refractivity contribution in [3.05, 3.63) is 51.7 Å². The van der Waals surface area contributed by atoms with Gasteiger partial charge in [0.05, 0.1) is 12.0 Å². The zero-order chi connectivity index (χ0) is 17.5. The maximum atomic E-state index is 11.2. The van der Waals surface area contributed by atoms with E-state index in [4.69, 9.17) is 4.74 Å². The highest BCUT2D eigenvalue weighted by Crippen LogP contribution is 2.17. The molecule has 2 aromatic rings. The molecule has 0 bridgehead atoms. The summed E-state index contributed by atoms with van der Waals surface area (Å²) in [5.41, 5.74) is 0.926. The number of thiophene rings is 1. The Hall–Kier alpha value is -2.29. The van der Waals surface area contributed by atoms with Gasteiger partial charge in [-0.1, -0.05) is 25.7 Å². The summed E-state index contributed by atoms with van der Waals surface area (Å²) in [4.78, 5) is 13.2. The molecule has 0 aliphatic rings. The average molecular weight is 343 g/mol. The van der Waals surface area contributed by atoms with Crippen LogP contribution in [0.2, 0.25) is 0 Å². The highest BCUT2D eigenvalue weighted by atomic mass is 32.1. The SMILES string of the molecule is COc1ccc(C#Cc2ccc(CNC(C(=O)O)C(C)C)s2)cc1. The van der Waals surface area contributed by atoms with Gasteiger partial charge in [0.25, 0.3) is 0 Å². The van der Waals surface area contributed by atoms with Crippen LogP contribution in [0.4, 0.5) is 0 Å². The molecule has 0 fully saturated rings. The van der Waals surface area contributed by atoms with Crippen molar-refractivity contribution in [1.82, 2.24) is 5.32 Å². The number of carboxylic acid groups (broad SMARTS) is 1. The van der Waals surface area contributed by atoms with Gasteiger partial charge >= 0.3 is 5.97 Å². The van der Waals surface area contributed by atoms with E-state index in [2.05, 4.69) is 17.2 Å². The second kappa shape index (κ2) is 8.53. The first-order valence-electron chi connectivity index (χ1n) is 7.70. The Morgan fingerprint density at radius 1 is 1.21 bits per heavy atom. The van der Waals surface area contributed by atoms with Crippen molar-refractivity contribution in [1.29, 1.82) is 0 Å². The van der Waals surface area contributed by atoms with Crippen LogP contribution < -0.4 is 10.1 Å². The summed E-state index contributed by atoms with van der Waals surface area (Å²) >= 11 is 1.57. The zero-order valence-corrected chi connectivity index (χ0v) is 14.8. The molecule has 1 heterocycles. The quantitative estimate of drug-likeness (QED) is 0.790. The highest BCUT2D eigenvalue weighted by molar-refractivity contribution is 7.12. The maximum Gasteiger partial charge on any atom is 0.320 e. The zero-order valence-electron chi connectivity index (χ0n) is 14.0. The normalized spacial score (nSPS) is 11.7. The first kappa shape index (κ1) is 18.1. The topological polar surface area (TPSA) is 58.6 Å². The first-order chi connectivity index (χ1) is 11.5. The minimum atomic E-state index is -0.818. The van der Waals surface area contributed by atoms with E-state index in [0.29, 0.717) is 6.54 Å². The summed E-state index contributed by atoms with van der Waals surface area (Å²) in [6, 6.07) is 11.0. The number of hydrogen-bond donors (Lipinski definition) is 2. The molecule has 4 nitrogen and oxygen atoms in total. The van der Waals surface area contributed by atoms with Crippen molar-refractivity contribution >= 4 is 17.3 Å². The van der Waals surface area contributed by atoms with E-state index in [1.54, 1.807) is 18.4 Å². The van der Waals surface area contributed by atoms with Gasteiger partial charge < -0.3 is 9.84 Å². The molecule has 0 aliphatic carbocycles. The minimum absolute atomic E-state index is 0.0387. The van der Waals surface area contributed by atoms with E-state index in [-0.39, 0.29) is 5.92 Å². The van der Waals surface area contributed by atoms with Crippen molar-refractivity contribution in [2.45, 2.75) is 26.4 Å². The van der Waals surface area contributed by atoms with Crippen molar-refractivity contribution in [3.8, 4) is 17.6 Å². The molecule has 24 heavy (non-hydrogen) atoms. The highest BCUT2D eigenvalue weighted by Gasteiger charge is 2.20. The number of hydrogen-bond acceptors (Lipinski definition) is 4. The van der Waals surface area contributed by atoms with Gasteiger partial charge in [0.1, 0.15) is 11.8 Å². The number of methoxy groups -OCH3 is 1. The lowest BCUT2D eigenvalue weighted by Crippen LogP contribution is -2.40. The van der Waals surface area contributed by atoms with E-state index < -0.39 is 12.0 Å². The predicted octanol–water partition coefficient (Wildman–Crippen LogP) is 3.36. The summed E-state index contributed by atoms with van der Waals surface area (Å²) in [5, 5.41) is 12.3. The van der Waals surface area contributed by atoms with Gasteiger partial charge in [0.15, 0.2) is 0 Å². The lowest BCUT2D eigenvalue weighted by molar-refractivity contribution is -0.140. The minimum Gasteiger partial charge on any atom is -0.497 e. The van der Waals surface area contributed by atoms with E-state index in [1.165, 1.54) is 0 Å². The molecule has 2 rings (SSSR count). The average Bonchev–Trinajstić information content (AvgIpc) is 3.01.